The molecule has 1 amide bonds. The van der Waals surface area contributed by atoms with Crippen molar-refractivity contribution >= 4 is 5.91 Å². The lowest BCUT2D eigenvalue weighted by molar-refractivity contribution is -0.123. The van der Waals surface area contributed by atoms with Crippen molar-refractivity contribution < 1.29 is 32.5 Å². The summed E-state index contributed by atoms with van der Waals surface area (Å²) in [6, 6.07) is 10.4. The fourth-order valence-corrected chi connectivity index (χ4v) is 3.31. The molecule has 0 saturated heterocycles. The van der Waals surface area contributed by atoms with E-state index in [-0.39, 0.29) is 29.6 Å². The summed E-state index contributed by atoms with van der Waals surface area (Å²) in [7, 11) is 1.38. The van der Waals surface area contributed by atoms with Gasteiger partial charge in [-0.1, -0.05) is 18.2 Å². The summed E-state index contributed by atoms with van der Waals surface area (Å²) in [5.41, 5.74) is 1.48. The van der Waals surface area contributed by atoms with Crippen LogP contribution < -0.4 is 24.3 Å². The molecule has 8 heteroatoms. The lowest BCUT2D eigenvalue weighted by Crippen LogP contribution is -2.30. The van der Waals surface area contributed by atoms with Crippen molar-refractivity contribution in [3.8, 4) is 23.0 Å². The molecule has 0 aromatic heterocycles. The van der Waals surface area contributed by atoms with Crippen molar-refractivity contribution in [1.82, 2.24) is 5.32 Å². The lowest BCUT2D eigenvalue weighted by atomic mass is 10.0. The summed E-state index contributed by atoms with van der Waals surface area (Å²) in [5, 5.41) is 2.75. The van der Waals surface area contributed by atoms with E-state index in [9.17, 15) is 13.6 Å². The van der Waals surface area contributed by atoms with Crippen molar-refractivity contribution in [3.05, 3.63) is 47.5 Å². The third-order valence-electron chi connectivity index (χ3n) is 4.59. The van der Waals surface area contributed by atoms with E-state index >= 15 is 0 Å². The van der Waals surface area contributed by atoms with Gasteiger partial charge < -0.3 is 24.3 Å². The number of benzene rings is 2. The Balaban J connectivity index is 1.49. The van der Waals surface area contributed by atoms with Gasteiger partial charge in [0.25, 0.3) is 5.91 Å². The van der Waals surface area contributed by atoms with Crippen LogP contribution in [0.1, 0.15) is 25.0 Å². The van der Waals surface area contributed by atoms with Gasteiger partial charge >= 0.3 is 6.61 Å². The molecule has 0 bridgehead atoms. The van der Waals surface area contributed by atoms with E-state index in [1.165, 1.54) is 13.2 Å². The Morgan fingerprint density at radius 3 is 2.73 bits per heavy atom. The maximum atomic E-state index is 12.5. The first-order chi connectivity index (χ1) is 14.3. The van der Waals surface area contributed by atoms with Crippen LogP contribution in [0.5, 0.6) is 23.0 Å². The van der Waals surface area contributed by atoms with E-state index in [0.29, 0.717) is 24.5 Å². The van der Waals surface area contributed by atoms with E-state index < -0.39 is 6.61 Å². The smallest absolute Gasteiger partial charge is 0.387 e. The van der Waals surface area contributed by atoms with Crippen LogP contribution in [0, 0.1) is 0 Å². The summed E-state index contributed by atoms with van der Waals surface area (Å²) < 4.78 is 46.1. The quantitative estimate of drug-likeness (QED) is 0.668. The van der Waals surface area contributed by atoms with E-state index in [0.717, 1.165) is 17.5 Å². The Morgan fingerprint density at radius 1 is 1.20 bits per heavy atom. The first kappa shape index (κ1) is 21.7. The number of methoxy groups -OCH3 is 1. The van der Waals surface area contributed by atoms with Crippen LogP contribution in [0.3, 0.4) is 0 Å². The Labute approximate surface area is 174 Å². The number of para-hydroxylation sites is 1. The number of carbonyl (C=O) groups is 1. The zero-order valence-corrected chi connectivity index (χ0v) is 17.2. The molecule has 162 valence electrons. The highest BCUT2D eigenvalue weighted by Crippen LogP contribution is 2.41. The minimum atomic E-state index is -2.94. The van der Waals surface area contributed by atoms with Crippen molar-refractivity contribution in [2.24, 2.45) is 0 Å². The molecule has 2 aromatic carbocycles. The molecule has 30 heavy (non-hydrogen) atoms. The number of alkyl halides is 2. The van der Waals surface area contributed by atoms with Crippen molar-refractivity contribution in [1.29, 1.82) is 0 Å². The average Bonchev–Trinajstić information content (AvgIpc) is 3.00. The average molecular weight is 421 g/mol. The van der Waals surface area contributed by atoms with Crippen molar-refractivity contribution in [3.63, 3.8) is 0 Å². The molecule has 0 unspecified atom stereocenters. The molecule has 1 N–H and O–H groups in total. The first-order valence-corrected chi connectivity index (χ1v) is 9.59. The highest BCUT2D eigenvalue weighted by molar-refractivity contribution is 5.77. The predicted octanol–water partition coefficient (Wildman–Crippen LogP) is 3.75. The van der Waals surface area contributed by atoms with E-state index in [2.05, 4.69) is 10.1 Å². The fraction of sp³-hybridized carbons (Fsp3) is 0.409. The summed E-state index contributed by atoms with van der Waals surface area (Å²) >= 11 is 0. The van der Waals surface area contributed by atoms with Gasteiger partial charge in [-0.05, 0) is 44.0 Å². The summed E-state index contributed by atoms with van der Waals surface area (Å²) in [6.07, 6.45) is 1.22. The van der Waals surface area contributed by atoms with Crippen molar-refractivity contribution in [2.75, 3.05) is 20.3 Å². The van der Waals surface area contributed by atoms with Gasteiger partial charge in [-0.2, -0.15) is 8.78 Å². The third-order valence-corrected chi connectivity index (χ3v) is 4.59. The second-order valence-corrected chi connectivity index (χ2v) is 7.54. The molecule has 0 aliphatic carbocycles. The van der Waals surface area contributed by atoms with Gasteiger partial charge in [-0.25, -0.2) is 0 Å². The number of halogens is 2. The minimum absolute atomic E-state index is 0.0412. The van der Waals surface area contributed by atoms with Gasteiger partial charge in [-0.3, -0.25) is 4.79 Å². The number of rotatable bonds is 9. The van der Waals surface area contributed by atoms with Crippen LogP contribution in [0.25, 0.3) is 0 Å². The van der Waals surface area contributed by atoms with Gasteiger partial charge in [0.15, 0.2) is 29.6 Å². The standard InChI is InChI=1S/C22H25F2NO5/c1-22(2)12-15-5-4-6-17(20(15)30-22)28-13-19(26)25-10-9-14-7-8-16(27-3)18(11-14)29-21(23)24/h4-8,11,21H,9-10,12-13H2,1-3H3,(H,25,26). The molecule has 2 aromatic rings. The Bertz CT molecular complexity index is 901. The van der Waals surface area contributed by atoms with Gasteiger partial charge in [-0.15, -0.1) is 0 Å². The van der Waals surface area contributed by atoms with Crippen LogP contribution in [0.4, 0.5) is 8.78 Å². The molecular formula is C22H25F2NO5. The molecule has 0 fully saturated rings. The summed E-state index contributed by atoms with van der Waals surface area (Å²) in [5.74, 6) is 1.11. The number of amides is 1. The summed E-state index contributed by atoms with van der Waals surface area (Å²) in [6.45, 7) is 1.22. The molecule has 0 radical (unpaired) electrons. The van der Waals surface area contributed by atoms with Crippen LogP contribution >= 0.6 is 0 Å². The molecule has 0 atom stereocenters. The Morgan fingerprint density at radius 2 is 2.00 bits per heavy atom. The largest absolute Gasteiger partial charge is 0.493 e. The van der Waals surface area contributed by atoms with E-state index in [1.54, 1.807) is 18.2 Å². The third kappa shape index (κ3) is 5.52. The van der Waals surface area contributed by atoms with E-state index in [4.69, 9.17) is 14.2 Å². The fourth-order valence-electron chi connectivity index (χ4n) is 3.31. The number of hydrogen-bond donors (Lipinski definition) is 1. The molecular weight excluding hydrogens is 396 g/mol. The summed E-state index contributed by atoms with van der Waals surface area (Å²) in [4.78, 5) is 12.1. The van der Waals surface area contributed by atoms with Crippen LogP contribution in [-0.2, 0) is 17.6 Å². The van der Waals surface area contributed by atoms with Gasteiger partial charge in [0.1, 0.15) is 5.60 Å². The number of hydrogen-bond acceptors (Lipinski definition) is 5. The number of carbonyl (C=O) groups excluding carboxylic acids is 1. The maximum Gasteiger partial charge on any atom is 0.387 e. The first-order valence-electron chi connectivity index (χ1n) is 9.59. The van der Waals surface area contributed by atoms with Gasteiger partial charge in [0, 0.05) is 18.5 Å². The molecule has 6 nitrogen and oxygen atoms in total. The van der Waals surface area contributed by atoms with Gasteiger partial charge in [0.05, 0.1) is 7.11 Å². The number of ether oxygens (including phenoxy) is 4. The molecule has 3 rings (SSSR count). The highest BCUT2D eigenvalue weighted by atomic mass is 19.3. The van der Waals surface area contributed by atoms with Crippen LogP contribution in [0.2, 0.25) is 0 Å². The molecule has 1 aliphatic heterocycles. The molecule has 1 aliphatic rings. The normalized spacial score (nSPS) is 14.1. The lowest BCUT2D eigenvalue weighted by Gasteiger charge is -2.18. The van der Waals surface area contributed by atoms with E-state index in [1.807, 2.05) is 26.0 Å². The molecule has 0 spiro atoms. The minimum Gasteiger partial charge on any atom is -0.493 e. The monoisotopic (exact) mass is 421 g/mol. The maximum absolute atomic E-state index is 12.5. The zero-order valence-electron chi connectivity index (χ0n) is 17.2. The Kier molecular flexibility index (Phi) is 6.64. The highest BCUT2D eigenvalue weighted by Gasteiger charge is 2.32. The van der Waals surface area contributed by atoms with Gasteiger partial charge in [0.2, 0.25) is 0 Å². The number of fused-ring (bicyclic) bond motifs is 1. The second-order valence-electron chi connectivity index (χ2n) is 7.54. The number of nitrogens with one attached hydrogen (secondary N) is 1. The molecule has 1 heterocycles. The topological polar surface area (TPSA) is 66.0 Å². The van der Waals surface area contributed by atoms with Crippen LogP contribution in [0.15, 0.2) is 36.4 Å². The zero-order chi connectivity index (χ0) is 21.7. The second kappa shape index (κ2) is 9.19. The predicted molar refractivity (Wildman–Crippen MR) is 107 cm³/mol. The Hall–Kier alpha value is -3.03. The SMILES string of the molecule is COc1ccc(CCNC(=O)COc2cccc3c2OC(C)(C)C3)cc1OC(F)F. The van der Waals surface area contributed by atoms with Crippen molar-refractivity contribution in [2.45, 2.75) is 38.9 Å². The van der Waals surface area contributed by atoms with Crippen LogP contribution in [-0.4, -0.2) is 38.4 Å². The molecule has 0 saturated carbocycles.